The van der Waals surface area contributed by atoms with E-state index in [-0.39, 0.29) is 0 Å². The fourth-order valence-corrected chi connectivity index (χ4v) is 3.00. The minimum Gasteiger partial charge on any atom is -0.497 e. The van der Waals surface area contributed by atoms with Crippen LogP contribution in [0.25, 0.3) is 0 Å². The second-order valence-electron chi connectivity index (χ2n) is 4.71. The lowest BCUT2D eigenvalue weighted by molar-refractivity contribution is 0.414. The summed E-state index contributed by atoms with van der Waals surface area (Å²) >= 11 is 1.66. The third kappa shape index (κ3) is 3.32. The lowest BCUT2D eigenvalue weighted by Crippen LogP contribution is -2.11. The predicted octanol–water partition coefficient (Wildman–Crippen LogP) is 2.62. The summed E-state index contributed by atoms with van der Waals surface area (Å²) in [6.07, 6.45) is 0. The van der Waals surface area contributed by atoms with Crippen LogP contribution in [0.3, 0.4) is 0 Å². The van der Waals surface area contributed by atoms with Crippen molar-refractivity contribution in [3.63, 3.8) is 0 Å². The molecule has 0 spiro atoms. The average molecular weight is 292 g/mol. The first-order valence-electron chi connectivity index (χ1n) is 6.55. The Morgan fingerprint density at radius 1 is 1.35 bits per heavy atom. The number of methoxy groups -OCH3 is 1. The van der Waals surface area contributed by atoms with Crippen LogP contribution in [0.2, 0.25) is 0 Å². The number of hydrogen-bond donors (Lipinski definition) is 1. The van der Waals surface area contributed by atoms with Crippen molar-refractivity contribution < 1.29 is 4.74 Å². The van der Waals surface area contributed by atoms with Gasteiger partial charge in [-0.1, -0.05) is 23.9 Å². The van der Waals surface area contributed by atoms with Gasteiger partial charge >= 0.3 is 0 Å². The number of aromatic nitrogens is 3. The minimum atomic E-state index is 0.302. The Hall–Kier alpha value is -1.53. The number of benzene rings is 1. The summed E-state index contributed by atoms with van der Waals surface area (Å²) in [5.41, 5.74) is 6.89. The highest BCUT2D eigenvalue weighted by atomic mass is 32.2. The van der Waals surface area contributed by atoms with Gasteiger partial charge in [0.2, 0.25) is 0 Å². The Morgan fingerprint density at radius 2 is 2.15 bits per heavy atom. The van der Waals surface area contributed by atoms with E-state index in [0.29, 0.717) is 12.6 Å². The molecule has 1 aromatic carbocycles. The van der Waals surface area contributed by atoms with Crippen molar-refractivity contribution in [3.8, 4) is 5.75 Å². The molecule has 0 aliphatic heterocycles. The summed E-state index contributed by atoms with van der Waals surface area (Å²) < 4.78 is 7.32. The molecule has 1 heterocycles. The Morgan fingerprint density at radius 3 is 2.80 bits per heavy atom. The molecule has 6 heteroatoms. The molecule has 2 N–H and O–H groups in total. The van der Waals surface area contributed by atoms with Crippen LogP contribution >= 0.6 is 11.8 Å². The molecule has 0 aliphatic carbocycles. The number of ether oxygens (including phenoxy) is 1. The second-order valence-corrected chi connectivity index (χ2v) is 5.65. The van der Waals surface area contributed by atoms with Crippen LogP contribution in [0.4, 0.5) is 0 Å². The molecule has 0 aliphatic rings. The largest absolute Gasteiger partial charge is 0.497 e. The molecule has 0 bridgehead atoms. The number of hydrogen-bond acceptors (Lipinski definition) is 5. The van der Waals surface area contributed by atoms with Crippen LogP contribution in [-0.2, 0) is 12.3 Å². The van der Waals surface area contributed by atoms with E-state index in [1.165, 1.54) is 5.56 Å². The molecule has 0 saturated carbocycles. The van der Waals surface area contributed by atoms with Gasteiger partial charge in [-0.25, -0.2) is 0 Å². The molecular weight excluding hydrogens is 272 g/mol. The van der Waals surface area contributed by atoms with E-state index in [0.717, 1.165) is 22.5 Å². The first kappa shape index (κ1) is 14.9. The minimum absolute atomic E-state index is 0.302. The molecule has 5 nitrogen and oxygen atoms in total. The van der Waals surface area contributed by atoms with Gasteiger partial charge in [0.05, 0.1) is 13.7 Å². The molecule has 0 amide bonds. The smallest absolute Gasteiger partial charge is 0.191 e. The zero-order valence-corrected chi connectivity index (χ0v) is 12.9. The number of thioether (sulfide) groups is 1. The van der Waals surface area contributed by atoms with Crippen molar-refractivity contribution >= 4 is 11.8 Å². The van der Waals surface area contributed by atoms with Gasteiger partial charge in [0.25, 0.3) is 0 Å². The van der Waals surface area contributed by atoms with Crippen LogP contribution in [0.1, 0.15) is 31.3 Å². The van der Waals surface area contributed by atoms with Gasteiger partial charge in [-0.3, -0.25) is 0 Å². The van der Waals surface area contributed by atoms with E-state index in [9.17, 15) is 0 Å². The van der Waals surface area contributed by atoms with Gasteiger partial charge in [0, 0.05) is 11.8 Å². The summed E-state index contributed by atoms with van der Waals surface area (Å²) in [4.78, 5) is 0. The Balaban J connectivity index is 2.12. The first-order chi connectivity index (χ1) is 9.65. The van der Waals surface area contributed by atoms with E-state index < -0.39 is 0 Å². The standard InChI is InChI=1S/C14H20N4OS/c1-10(2)18-13(8-15)16-17-14(18)20-9-11-5-4-6-12(7-11)19-3/h4-7,10H,8-9,15H2,1-3H3. The maximum atomic E-state index is 5.70. The number of nitrogens with zero attached hydrogens (tertiary/aromatic N) is 3. The van der Waals surface area contributed by atoms with Crippen molar-refractivity contribution in [2.45, 2.75) is 37.3 Å². The zero-order valence-electron chi connectivity index (χ0n) is 12.0. The maximum Gasteiger partial charge on any atom is 0.191 e. The summed E-state index contributed by atoms with van der Waals surface area (Å²) in [5, 5.41) is 9.28. The van der Waals surface area contributed by atoms with Crippen molar-refractivity contribution in [3.05, 3.63) is 35.7 Å². The zero-order chi connectivity index (χ0) is 14.5. The highest BCUT2D eigenvalue weighted by Gasteiger charge is 2.14. The second kappa shape index (κ2) is 6.76. The Bertz CT molecular complexity index is 568. The van der Waals surface area contributed by atoms with Gasteiger partial charge in [-0.2, -0.15) is 0 Å². The molecule has 2 aromatic rings. The van der Waals surface area contributed by atoms with Crippen LogP contribution in [0.15, 0.2) is 29.4 Å². The Labute approximate surface area is 123 Å². The molecule has 0 saturated heterocycles. The maximum absolute atomic E-state index is 5.70. The summed E-state index contributed by atoms with van der Waals surface area (Å²) in [6.45, 7) is 4.63. The predicted molar refractivity (Wildman–Crippen MR) is 80.9 cm³/mol. The van der Waals surface area contributed by atoms with Crippen LogP contribution in [-0.4, -0.2) is 21.9 Å². The fourth-order valence-electron chi connectivity index (χ4n) is 1.97. The first-order valence-corrected chi connectivity index (χ1v) is 7.53. The number of nitrogens with two attached hydrogens (primary N) is 1. The lowest BCUT2D eigenvalue weighted by Gasteiger charge is -2.12. The lowest BCUT2D eigenvalue weighted by atomic mass is 10.2. The quantitative estimate of drug-likeness (QED) is 0.829. The van der Waals surface area contributed by atoms with Crippen molar-refractivity contribution in [1.29, 1.82) is 0 Å². The fraction of sp³-hybridized carbons (Fsp3) is 0.429. The molecule has 0 fully saturated rings. The van der Waals surface area contributed by atoms with Crippen LogP contribution < -0.4 is 10.5 Å². The normalized spacial score (nSPS) is 11.1. The van der Waals surface area contributed by atoms with E-state index in [1.54, 1.807) is 18.9 Å². The monoisotopic (exact) mass is 292 g/mol. The van der Waals surface area contributed by atoms with Gasteiger partial charge < -0.3 is 15.0 Å². The molecule has 108 valence electrons. The highest BCUT2D eigenvalue weighted by molar-refractivity contribution is 7.98. The van der Waals surface area contributed by atoms with Crippen LogP contribution in [0.5, 0.6) is 5.75 Å². The van der Waals surface area contributed by atoms with E-state index in [4.69, 9.17) is 10.5 Å². The topological polar surface area (TPSA) is 66.0 Å². The molecule has 0 unspecified atom stereocenters. The van der Waals surface area contributed by atoms with Crippen molar-refractivity contribution in [1.82, 2.24) is 14.8 Å². The van der Waals surface area contributed by atoms with E-state index >= 15 is 0 Å². The molecular formula is C14H20N4OS. The third-order valence-electron chi connectivity index (χ3n) is 2.94. The van der Waals surface area contributed by atoms with E-state index in [2.05, 4.69) is 34.7 Å². The van der Waals surface area contributed by atoms with Gasteiger partial charge in [-0.05, 0) is 31.5 Å². The Kier molecular flexibility index (Phi) is 5.03. The van der Waals surface area contributed by atoms with E-state index in [1.807, 2.05) is 18.2 Å². The molecule has 20 heavy (non-hydrogen) atoms. The molecule has 0 atom stereocenters. The SMILES string of the molecule is COc1cccc(CSc2nnc(CN)n2C(C)C)c1. The van der Waals surface area contributed by atoms with Crippen molar-refractivity contribution in [2.75, 3.05) is 7.11 Å². The van der Waals surface area contributed by atoms with Gasteiger partial charge in [0.15, 0.2) is 5.16 Å². The van der Waals surface area contributed by atoms with Gasteiger partial charge in [0.1, 0.15) is 11.6 Å². The highest BCUT2D eigenvalue weighted by Crippen LogP contribution is 2.26. The summed E-state index contributed by atoms with van der Waals surface area (Å²) in [5.74, 6) is 2.52. The summed E-state index contributed by atoms with van der Waals surface area (Å²) in [7, 11) is 1.68. The molecule has 1 aromatic heterocycles. The third-order valence-corrected chi connectivity index (χ3v) is 3.95. The summed E-state index contributed by atoms with van der Waals surface area (Å²) in [6, 6.07) is 8.35. The molecule has 0 radical (unpaired) electrons. The van der Waals surface area contributed by atoms with Crippen LogP contribution in [0, 0.1) is 0 Å². The number of rotatable bonds is 6. The average Bonchev–Trinajstić information content (AvgIpc) is 2.88. The molecule has 2 rings (SSSR count). The van der Waals surface area contributed by atoms with Gasteiger partial charge in [-0.15, -0.1) is 10.2 Å². The van der Waals surface area contributed by atoms with Crippen molar-refractivity contribution in [2.24, 2.45) is 5.73 Å².